The van der Waals surface area contributed by atoms with Crippen LogP contribution >= 0.6 is 0 Å². The highest BCUT2D eigenvalue weighted by molar-refractivity contribution is 5.80. The molecule has 4 nitrogen and oxygen atoms in total. The second-order valence-electron chi connectivity index (χ2n) is 3.00. The minimum absolute atomic E-state index is 0.000417. The zero-order chi connectivity index (χ0) is 7.84. The molecule has 0 amide bonds. The van der Waals surface area contributed by atoms with Crippen LogP contribution in [0.2, 0.25) is 0 Å². The van der Waals surface area contributed by atoms with Gasteiger partial charge < -0.3 is 15.2 Å². The topological polar surface area (TPSA) is 57.2 Å². The van der Waals surface area contributed by atoms with E-state index < -0.39 is 6.29 Å². The highest BCUT2D eigenvalue weighted by Crippen LogP contribution is 2.25. The van der Waals surface area contributed by atoms with Crippen molar-refractivity contribution in [3.63, 3.8) is 0 Å². The van der Waals surface area contributed by atoms with E-state index in [1.165, 1.54) is 0 Å². The Hall–Kier alpha value is -0.610. The molecular formula is C7H12N2O2. The molecule has 2 aliphatic rings. The average Bonchev–Trinajstić information content (AvgIpc) is 2.67. The molecule has 3 atom stereocenters. The van der Waals surface area contributed by atoms with Crippen LogP contribution < -0.4 is 5.32 Å². The smallest absolute Gasteiger partial charge is 0.183 e. The normalized spacial score (nSPS) is 42.7. The summed E-state index contributed by atoms with van der Waals surface area (Å²) >= 11 is 0. The van der Waals surface area contributed by atoms with E-state index in [1.54, 1.807) is 0 Å². The van der Waals surface area contributed by atoms with E-state index in [0.29, 0.717) is 0 Å². The van der Waals surface area contributed by atoms with Gasteiger partial charge in [-0.2, -0.15) is 0 Å². The number of aliphatic hydroxyl groups is 1. The van der Waals surface area contributed by atoms with Crippen molar-refractivity contribution in [3.8, 4) is 0 Å². The van der Waals surface area contributed by atoms with Crippen LogP contribution in [0.4, 0.5) is 0 Å². The Morgan fingerprint density at radius 3 is 3.00 bits per heavy atom. The van der Waals surface area contributed by atoms with Crippen molar-refractivity contribution < 1.29 is 9.84 Å². The Bertz CT molecular complexity index is 193. The molecule has 2 aliphatic heterocycles. The van der Waals surface area contributed by atoms with Crippen molar-refractivity contribution in [2.24, 2.45) is 4.99 Å². The first kappa shape index (κ1) is 7.06. The lowest BCUT2D eigenvalue weighted by Crippen LogP contribution is -2.41. The molecule has 0 aliphatic carbocycles. The summed E-state index contributed by atoms with van der Waals surface area (Å²) in [7, 11) is 0. The fourth-order valence-electron chi connectivity index (χ4n) is 1.41. The van der Waals surface area contributed by atoms with Crippen LogP contribution in [-0.4, -0.2) is 35.9 Å². The summed E-state index contributed by atoms with van der Waals surface area (Å²) in [5.41, 5.74) is 0. The third-order valence-electron chi connectivity index (χ3n) is 2.08. The lowest BCUT2D eigenvalue weighted by Gasteiger charge is -2.20. The lowest BCUT2D eigenvalue weighted by atomic mass is 10.1. The van der Waals surface area contributed by atoms with E-state index in [9.17, 15) is 0 Å². The maximum atomic E-state index is 8.96. The number of hydrogen-bond donors (Lipinski definition) is 2. The number of epoxide rings is 1. The van der Waals surface area contributed by atoms with Gasteiger partial charge in [0.2, 0.25) is 0 Å². The Labute approximate surface area is 65.3 Å². The molecule has 0 bridgehead atoms. The van der Waals surface area contributed by atoms with E-state index in [0.717, 1.165) is 18.8 Å². The quantitative estimate of drug-likeness (QED) is 0.502. The van der Waals surface area contributed by atoms with E-state index in [-0.39, 0.29) is 12.1 Å². The molecule has 1 saturated heterocycles. The number of ether oxygens (including phenoxy) is 1. The molecule has 2 unspecified atom stereocenters. The SMILES string of the molecule is CC1=NCC[C@@H](C2OC2O)N1. The molecule has 0 spiro atoms. The second kappa shape index (κ2) is 2.46. The largest absolute Gasteiger partial charge is 0.368 e. The third kappa shape index (κ3) is 1.36. The van der Waals surface area contributed by atoms with Crippen molar-refractivity contribution in [3.05, 3.63) is 0 Å². The monoisotopic (exact) mass is 156 g/mol. The van der Waals surface area contributed by atoms with Gasteiger partial charge in [0.05, 0.1) is 11.9 Å². The van der Waals surface area contributed by atoms with Crippen LogP contribution in [0.5, 0.6) is 0 Å². The summed E-state index contributed by atoms with van der Waals surface area (Å²) in [6.07, 6.45) is 0.415. The molecule has 0 aromatic carbocycles. The molecule has 1 fully saturated rings. The van der Waals surface area contributed by atoms with Crippen molar-refractivity contribution in [1.82, 2.24) is 5.32 Å². The number of aliphatic imine (C=N–C) groups is 1. The minimum Gasteiger partial charge on any atom is -0.368 e. The van der Waals surface area contributed by atoms with Gasteiger partial charge in [-0.3, -0.25) is 4.99 Å². The van der Waals surface area contributed by atoms with E-state index in [1.807, 2.05) is 6.92 Å². The first-order chi connectivity index (χ1) is 5.27. The maximum absolute atomic E-state index is 8.96. The van der Waals surface area contributed by atoms with Crippen LogP contribution in [0.15, 0.2) is 4.99 Å². The maximum Gasteiger partial charge on any atom is 0.183 e. The molecule has 62 valence electrons. The molecule has 0 aromatic heterocycles. The van der Waals surface area contributed by atoms with Gasteiger partial charge in [-0.1, -0.05) is 0 Å². The highest BCUT2D eigenvalue weighted by atomic mass is 16.7. The predicted molar refractivity (Wildman–Crippen MR) is 40.4 cm³/mol. The van der Waals surface area contributed by atoms with Crippen LogP contribution in [-0.2, 0) is 4.74 Å². The Morgan fingerprint density at radius 2 is 2.45 bits per heavy atom. The second-order valence-corrected chi connectivity index (χ2v) is 3.00. The predicted octanol–water partition coefficient (Wildman–Crippen LogP) is -0.516. The van der Waals surface area contributed by atoms with Crippen LogP contribution in [0, 0.1) is 0 Å². The number of rotatable bonds is 1. The molecular weight excluding hydrogens is 144 g/mol. The van der Waals surface area contributed by atoms with Gasteiger partial charge in [-0.05, 0) is 13.3 Å². The Balaban J connectivity index is 1.92. The van der Waals surface area contributed by atoms with Gasteiger partial charge in [0.25, 0.3) is 0 Å². The fourth-order valence-corrected chi connectivity index (χ4v) is 1.41. The number of amidine groups is 1. The molecule has 0 aromatic rings. The summed E-state index contributed by atoms with van der Waals surface area (Å²) in [6, 6.07) is 0.266. The van der Waals surface area contributed by atoms with Gasteiger partial charge in [0.15, 0.2) is 6.29 Å². The minimum atomic E-state index is -0.543. The molecule has 0 saturated carbocycles. The lowest BCUT2D eigenvalue weighted by molar-refractivity contribution is 0.155. The number of aliphatic hydroxyl groups excluding tert-OH is 1. The first-order valence-corrected chi connectivity index (χ1v) is 3.88. The molecule has 11 heavy (non-hydrogen) atoms. The molecule has 2 rings (SSSR count). The summed E-state index contributed by atoms with van der Waals surface area (Å²) in [5, 5.41) is 12.1. The van der Waals surface area contributed by atoms with Crippen molar-refractivity contribution >= 4 is 5.84 Å². The van der Waals surface area contributed by atoms with Gasteiger partial charge in [-0.25, -0.2) is 0 Å². The highest BCUT2D eigenvalue weighted by Gasteiger charge is 2.44. The van der Waals surface area contributed by atoms with Crippen LogP contribution in [0.3, 0.4) is 0 Å². The standard InChI is InChI=1S/C7H12N2O2/c1-4-8-3-2-5(9-4)6-7(10)11-6/h5-7,10H,2-3H2,1H3,(H,8,9)/t5-,6?,7?/m0/s1. The average molecular weight is 156 g/mol. The number of hydrogen-bond acceptors (Lipinski definition) is 4. The summed E-state index contributed by atoms with van der Waals surface area (Å²) in [5.74, 6) is 0.948. The fraction of sp³-hybridized carbons (Fsp3) is 0.857. The molecule has 0 radical (unpaired) electrons. The van der Waals surface area contributed by atoms with E-state index in [4.69, 9.17) is 9.84 Å². The van der Waals surface area contributed by atoms with Crippen LogP contribution in [0.1, 0.15) is 13.3 Å². The van der Waals surface area contributed by atoms with Crippen LogP contribution in [0.25, 0.3) is 0 Å². The Morgan fingerprint density at radius 1 is 1.73 bits per heavy atom. The number of nitrogens with one attached hydrogen (secondary N) is 1. The molecule has 2 N–H and O–H groups in total. The van der Waals surface area contributed by atoms with Gasteiger partial charge in [0, 0.05) is 6.54 Å². The van der Waals surface area contributed by atoms with Crippen molar-refractivity contribution in [1.29, 1.82) is 0 Å². The summed E-state index contributed by atoms with van der Waals surface area (Å²) in [4.78, 5) is 4.18. The van der Waals surface area contributed by atoms with Crippen molar-refractivity contribution in [2.45, 2.75) is 31.8 Å². The van der Waals surface area contributed by atoms with E-state index >= 15 is 0 Å². The van der Waals surface area contributed by atoms with Gasteiger partial charge in [0.1, 0.15) is 6.10 Å². The molecule has 2 heterocycles. The van der Waals surface area contributed by atoms with E-state index in [2.05, 4.69) is 10.3 Å². The summed E-state index contributed by atoms with van der Waals surface area (Å²) in [6.45, 7) is 2.77. The van der Waals surface area contributed by atoms with Gasteiger partial charge in [-0.15, -0.1) is 0 Å². The summed E-state index contributed by atoms with van der Waals surface area (Å²) < 4.78 is 4.94. The number of nitrogens with zero attached hydrogens (tertiary/aromatic N) is 1. The Kier molecular flexibility index (Phi) is 1.58. The third-order valence-corrected chi connectivity index (χ3v) is 2.08. The van der Waals surface area contributed by atoms with Crippen molar-refractivity contribution in [2.75, 3.05) is 6.54 Å². The van der Waals surface area contributed by atoms with Gasteiger partial charge >= 0.3 is 0 Å². The zero-order valence-corrected chi connectivity index (χ0v) is 6.45. The zero-order valence-electron chi connectivity index (χ0n) is 6.45. The first-order valence-electron chi connectivity index (χ1n) is 3.88. The molecule has 4 heteroatoms.